The summed E-state index contributed by atoms with van der Waals surface area (Å²) in [5.74, 6) is 0.0424. The third-order valence-electron chi connectivity index (χ3n) is 5.03. The highest BCUT2D eigenvalue weighted by atomic mass is 16.5. The lowest BCUT2D eigenvalue weighted by atomic mass is 9.78. The summed E-state index contributed by atoms with van der Waals surface area (Å²) in [4.78, 5) is 12.3. The Hall–Kier alpha value is -2.67. The van der Waals surface area contributed by atoms with E-state index in [-0.39, 0.29) is 30.9 Å². The van der Waals surface area contributed by atoms with Crippen molar-refractivity contribution in [1.82, 2.24) is 5.32 Å². The molecular weight excluding hydrogens is 356 g/mol. The second kappa shape index (κ2) is 9.50. The Labute approximate surface area is 164 Å². The van der Waals surface area contributed by atoms with E-state index < -0.39 is 12.1 Å². The molecule has 148 valence electrons. The van der Waals surface area contributed by atoms with Gasteiger partial charge in [0.05, 0.1) is 26.4 Å². The summed E-state index contributed by atoms with van der Waals surface area (Å²) < 4.78 is 5.10. The van der Waals surface area contributed by atoms with Crippen LogP contribution in [0.15, 0.2) is 66.7 Å². The average Bonchev–Trinajstić information content (AvgIpc) is 2.73. The molecule has 0 saturated carbocycles. The third-order valence-corrected chi connectivity index (χ3v) is 5.03. The lowest BCUT2D eigenvalue weighted by Crippen LogP contribution is -2.52. The molecule has 2 aromatic rings. The van der Waals surface area contributed by atoms with Crippen molar-refractivity contribution in [3.05, 3.63) is 72.3 Å². The van der Waals surface area contributed by atoms with E-state index in [1.54, 1.807) is 31.4 Å². The Morgan fingerprint density at radius 2 is 1.79 bits per heavy atom. The van der Waals surface area contributed by atoms with Gasteiger partial charge in [-0.15, -0.1) is 0 Å². The van der Waals surface area contributed by atoms with Gasteiger partial charge in [0.15, 0.2) is 0 Å². The lowest BCUT2D eigenvalue weighted by molar-refractivity contribution is -0.115. The summed E-state index contributed by atoms with van der Waals surface area (Å²) in [6, 6.07) is 16.3. The SMILES string of the molecule is COc1ccc(NC(=O)CN[C@H]2[C@@H](O)[C@@H](c3ccccc3)C=C[C@@H]2CO)cc1. The standard InChI is InChI=1S/C22H26N2O4/c1-28-18-10-8-17(9-11-18)24-20(26)13-23-21-16(14-25)7-12-19(22(21)27)15-5-3-2-4-6-15/h2-12,16,19,21-23,25,27H,13-14H2,1H3,(H,24,26)/t16-,19-,21-,22+/m1/s1. The van der Waals surface area contributed by atoms with Gasteiger partial charge in [-0.1, -0.05) is 42.5 Å². The first-order valence-corrected chi connectivity index (χ1v) is 9.32. The van der Waals surface area contributed by atoms with Crippen LogP contribution < -0.4 is 15.4 Å². The number of anilines is 1. The highest BCUT2D eigenvalue weighted by Crippen LogP contribution is 2.31. The summed E-state index contributed by atoms with van der Waals surface area (Å²) >= 11 is 0. The van der Waals surface area contributed by atoms with Gasteiger partial charge < -0.3 is 25.6 Å². The largest absolute Gasteiger partial charge is 0.497 e. The molecule has 0 aromatic heterocycles. The van der Waals surface area contributed by atoms with Gasteiger partial charge in [0, 0.05) is 23.6 Å². The molecule has 1 amide bonds. The Balaban J connectivity index is 1.62. The Morgan fingerprint density at radius 1 is 1.07 bits per heavy atom. The zero-order valence-electron chi connectivity index (χ0n) is 15.8. The van der Waals surface area contributed by atoms with Crippen LogP contribution in [-0.2, 0) is 4.79 Å². The van der Waals surface area contributed by atoms with Crippen molar-refractivity contribution in [3.8, 4) is 5.75 Å². The molecule has 0 fully saturated rings. The minimum atomic E-state index is -0.752. The van der Waals surface area contributed by atoms with E-state index in [4.69, 9.17) is 4.74 Å². The van der Waals surface area contributed by atoms with Gasteiger partial charge in [-0.3, -0.25) is 4.79 Å². The molecule has 0 saturated heterocycles. The van der Waals surface area contributed by atoms with Crippen molar-refractivity contribution < 1.29 is 19.7 Å². The maximum atomic E-state index is 12.3. The molecule has 0 heterocycles. The van der Waals surface area contributed by atoms with Gasteiger partial charge in [-0.05, 0) is 29.8 Å². The van der Waals surface area contributed by atoms with Gasteiger partial charge in [-0.25, -0.2) is 0 Å². The molecule has 0 unspecified atom stereocenters. The van der Waals surface area contributed by atoms with Crippen LogP contribution in [0.1, 0.15) is 11.5 Å². The van der Waals surface area contributed by atoms with Crippen molar-refractivity contribution in [2.45, 2.75) is 18.1 Å². The van der Waals surface area contributed by atoms with Crippen LogP contribution in [0.4, 0.5) is 5.69 Å². The summed E-state index contributed by atoms with van der Waals surface area (Å²) in [6.45, 7) is -0.0769. The highest BCUT2D eigenvalue weighted by molar-refractivity contribution is 5.92. The number of carbonyl (C=O) groups is 1. The normalized spacial score (nSPS) is 24.0. The van der Waals surface area contributed by atoms with Crippen molar-refractivity contribution in [2.24, 2.45) is 5.92 Å². The van der Waals surface area contributed by atoms with E-state index in [1.807, 2.05) is 42.5 Å². The molecule has 2 aromatic carbocycles. The zero-order chi connectivity index (χ0) is 19.9. The number of nitrogens with one attached hydrogen (secondary N) is 2. The monoisotopic (exact) mass is 382 g/mol. The minimum Gasteiger partial charge on any atom is -0.497 e. The number of aliphatic hydroxyl groups excluding tert-OH is 2. The second-order valence-electron chi connectivity index (χ2n) is 6.84. The number of amides is 1. The van der Waals surface area contributed by atoms with Crippen molar-refractivity contribution >= 4 is 11.6 Å². The first-order valence-electron chi connectivity index (χ1n) is 9.32. The van der Waals surface area contributed by atoms with Crippen LogP contribution in [0.2, 0.25) is 0 Å². The third kappa shape index (κ3) is 4.78. The molecule has 0 spiro atoms. The van der Waals surface area contributed by atoms with Crippen LogP contribution in [-0.4, -0.2) is 48.5 Å². The van der Waals surface area contributed by atoms with E-state index in [0.717, 1.165) is 5.56 Å². The summed E-state index contributed by atoms with van der Waals surface area (Å²) in [5.41, 5.74) is 1.66. The van der Waals surface area contributed by atoms with Gasteiger partial charge in [0.1, 0.15) is 5.75 Å². The number of benzene rings is 2. The van der Waals surface area contributed by atoms with Crippen LogP contribution in [0, 0.1) is 5.92 Å². The zero-order valence-corrected chi connectivity index (χ0v) is 15.8. The molecule has 0 radical (unpaired) electrons. The Kier molecular flexibility index (Phi) is 6.81. The summed E-state index contributed by atoms with van der Waals surface area (Å²) in [7, 11) is 1.59. The molecule has 1 aliphatic rings. The van der Waals surface area contributed by atoms with Crippen LogP contribution in [0.5, 0.6) is 5.75 Å². The lowest BCUT2D eigenvalue weighted by Gasteiger charge is -2.36. The topological polar surface area (TPSA) is 90.8 Å². The number of hydrogen-bond acceptors (Lipinski definition) is 5. The molecule has 4 N–H and O–H groups in total. The average molecular weight is 382 g/mol. The van der Waals surface area contributed by atoms with Crippen LogP contribution in [0.3, 0.4) is 0 Å². The molecule has 1 aliphatic carbocycles. The fourth-order valence-electron chi connectivity index (χ4n) is 3.49. The number of hydrogen-bond donors (Lipinski definition) is 4. The maximum absolute atomic E-state index is 12.3. The Bertz CT molecular complexity index is 792. The Morgan fingerprint density at radius 3 is 2.43 bits per heavy atom. The number of methoxy groups -OCH3 is 1. The second-order valence-corrected chi connectivity index (χ2v) is 6.84. The summed E-state index contributed by atoms with van der Waals surface area (Å²) in [5, 5.41) is 26.5. The number of ether oxygens (including phenoxy) is 1. The quantitative estimate of drug-likeness (QED) is 0.549. The molecule has 6 nitrogen and oxygen atoms in total. The smallest absolute Gasteiger partial charge is 0.238 e. The minimum absolute atomic E-state index is 0.0274. The van der Waals surface area contributed by atoms with Gasteiger partial charge in [-0.2, -0.15) is 0 Å². The fraction of sp³-hybridized carbons (Fsp3) is 0.318. The maximum Gasteiger partial charge on any atom is 0.238 e. The molecule has 4 atom stereocenters. The van der Waals surface area contributed by atoms with Crippen molar-refractivity contribution in [3.63, 3.8) is 0 Å². The predicted molar refractivity (Wildman–Crippen MR) is 108 cm³/mol. The molecular formula is C22H26N2O4. The van der Waals surface area contributed by atoms with Gasteiger partial charge in [0.25, 0.3) is 0 Å². The fourth-order valence-corrected chi connectivity index (χ4v) is 3.49. The molecule has 3 rings (SSSR count). The van der Waals surface area contributed by atoms with Crippen molar-refractivity contribution in [1.29, 1.82) is 0 Å². The molecule has 28 heavy (non-hydrogen) atoms. The van der Waals surface area contributed by atoms with E-state index >= 15 is 0 Å². The summed E-state index contributed by atoms with van der Waals surface area (Å²) in [6.07, 6.45) is 3.08. The predicted octanol–water partition coefficient (Wildman–Crippen LogP) is 1.91. The van der Waals surface area contributed by atoms with E-state index in [9.17, 15) is 15.0 Å². The van der Waals surface area contributed by atoms with Crippen molar-refractivity contribution in [2.75, 3.05) is 25.6 Å². The van der Waals surface area contributed by atoms with Gasteiger partial charge in [0.2, 0.25) is 5.91 Å². The first kappa shape index (κ1) is 20.1. The number of rotatable bonds is 7. The van der Waals surface area contributed by atoms with Crippen LogP contribution in [0.25, 0.3) is 0 Å². The molecule has 0 aliphatic heterocycles. The molecule has 6 heteroatoms. The molecule has 0 bridgehead atoms. The van der Waals surface area contributed by atoms with E-state index in [0.29, 0.717) is 11.4 Å². The van der Waals surface area contributed by atoms with E-state index in [1.165, 1.54) is 0 Å². The van der Waals surface area contributed by atoms with E-state index in [2.05, 4.69) is 10.6 Å². The van der Waals surface area contributed by atoms with Crippen LogP contribution >= 0.6 is 0 Å². The number of carbonyl (C=O) groups excluding carboxylic acids is 1. The highest BCUT2D eigenvalue weighted by Gasteiger charge is 2.35. The number of aliphatic hydroxyl groups is 2. The first-order chi connectivity index (χ1) is 13.6. The van der Waals surface area contributed by atoms with Gasteiger partial charge >= 0.3 is 0 Å².